The van der Waals surface area contributed by atoms with Crippen molar-refractivity contribution in [1.82, 2.24) is 30.0 Å². The summed E-state index contributed by atoms with van der Waals surface area (Å²) in [5.74, 6) is -0.671. The maximum absolute atomic E-state index is 14.0. The number of hydrogen-bond donors (Lipinski definition) is 3. The minimum atomic E-state index is -0.425. The predicted octanol–water partition coefficient (Wildman–Crippen LogP) is 4.52. The first-order chi connectivity index (χ1) is 19.6. The lowest BCUT2D eigenvalue weighted by Crippen LogP contribution is -2.46. The van der Waals surface area contributed by atoms with E-state index in [1.807, 2.05) is 13.8 Å². The van der Waals surface area contributed by atoms with Crippen molar-refractivity contribution in [2.75, 3.05) is 12.4 Å². The lowest BCUT2D eigenvalue weighted by molar-refractivity contribution is 0.0653. The molecule has 10 nitrogen and oxygen atoms in total. The van der Waals surface area contributed by atoms with Crippen LogP contribution in [0.2, 0.25) is 10.0 Å². The van der Waals surface area contributed by atoms with E-state index in [4.69, 9.17) is 28.2 Å². The van der Waals surface area contributed by atoms with Gasteiger partial charge >= 0.3 is 0 Å². The van der Waals surface area contributed by atoms with Gasteiger partial charge in [-0.1, -0.05) is 35.3 Å². The summed E-state index contributed by atoms with van der Waals surface area (Å²) < 4.78 is 14.9. The van der Waals surface area contributed by atoms with E-state index in [1.165, 1.54) is 35.9 Å². The van der Waals surface area contributed by atoms with Gasteiger partial charge in [-0.3, -0.25) is 19.5 Å². The molecule has 0 aliphatic carbocycles. The van der Waals surface area contributed by atoms with E-state index < -0.39 is 5.91 Å². The van der Waals surface area contributed by atoms with E-state index >= 15 is 0 Å². The minimum absolute atomic E-state index is 0.0811. The molecule has 1 aliphatic rings. The molecule has 0 bridgehead atoms. The molecule has 41 heavy (non-hydrogen) atoms. The summed E-state index contributed by atoms with van der Waals surface area (Å²) in [6.45, 7) is 3.77. The fourth-order valence-corrected chi connectivity index (χ4v) is 5.04. The van der Waals surface area contributed by atoms with Crippen LogP contribution in [-0.4, -0.2) is 49.6 Å². The summed E-state index contributed by atoms with van der Waals surface area (Å²) in [6.07, 6.45) is 0.248. The van der Waals surface area contributed by atoms with Gasteiger partial charge < -0.3 is 15.5 Å². The molecule has 0 saturated heterocycles. The number of carbonyl (C=O) groups excluding carboxylic acids is 2. The Morgan fingerprint density at radius 2 is 1.85 bits per heavy atom. The van der Waals surface area contributed by atoms with Gasteiger partial charge in [0, 0.05) is 30.3 Å². The Kier molecular flexibility index (Phi) is 7.83. The van der Waals surface area contributed by atoms with E-state index in [1.54, 1.807) is 29.2 Å². The van der Waals surface area contributed by atoms with Gasteiger partial charge in [0.25, 0.3) is 17.4 Å². The average molecular weight is 598 g/mol. The minimum Gasteiger partial charge on any atom is -0.354 e. The van der Waals surface area contributed by atoms with E-state index in [0.29, 0.717) is 21.8 Å². The molecular formula is C28H26Cl2FN7O3. The third-order valence-corrected chi connectivity index (χ3v) is 7.76. The fourth-order valence-electron chi connectivity index (χ4n) is 4.74. The molecule has 0 spiro atoms. The van der Waals surface area contributed by atoms with Crippen molar-refractivity contribution >= 4 is 41.0 Å². The second-order valence-corrected chi connectivity index (χ2v) is 10.6. The maximum atomic E-state index is 14.0. The third kappa shape index (κ3) is 5.55. The smallest absolute Gasteiger partial charge is 0.271 e. The zero-order valence-corrected chi connectivity index (χ0v) is 23.8. The number of carbonyl (C=O) groups is 2. The molecule has 2 aromatic carbocycles. The number of nitrogens with one attached hydrogen (secondary N) is 3. The Hall–Kier alpha value is -4.22. The molecule has 2 amide bonds. The number of H-pyrrole nitrogens is 1. The Balaban J connectivity index is 1.57. The van der Waals surface area contributed by atoms with Gasteiger partial charge in [-0.15, -0.1) is 0 Å². The van der Waals surface area contributed by atoms with Crippen molar-refractivity contribution < 1.29 is 14.0 Å². The molecule has 13 heteroatoms. The average Bonchev–Trinajstić information content (AvgIpc) is 3.44. The highest BCUT2D eigenvalue weighted by Gasteiger charge is 2.32. The van der Waals surface area contributed by atoms with Crippen LogP contribution in [-0.2, 0) is 13.0 Å². The van der Waals surface area contributed by atoms with Crippen LogP contribution in [0, 0.1) is 5.82 Å². The molecule has 1 aliphatic heterocycles. The number of fused-ring (bicyclic) bond motifs is 1. The molecule has 4 aromatic rings. The monoisotopic (exact) mass is 597 g/mol. The van der Waals surface area contributed by atoms with Crippen molar-refractivity contribution in [3.05, 3.63) is 103 Å². The molecule has 0 saturated carbocycles. The number of anilines is 1. The van der Waals surface area contributed by atoms with Crippen molar-refractivity contribution in [1.29, 1.82) is 0 Å². The van der Waals surface area contributed by atoms with Crippen LogP contribution in [0.1, 0.15) is 57.6 Å². The maximum Gasteiger partial charge on any atom is 0.271 e. The largest absolute Gasteiger partial charge is 0.354 e. The standard InChI is InChI=1S/C28H26Cl2FN7O3/c1-14-10-19-23(13-37(14)26(40)17-6-9-20(29)21(30)11-17)34-28(33-15(2)16-4-7-18(31)8-5-16)38(27(19)41)24-12-22(35-36-24)25(39)32-3/h4-9,11-12,14-15H,10,13H2,1-3H3,(H,32,39)(H,33,34)(H,35,36)/t14-,15+/m1/s1. The van der Waals surface area contributed by atoms with Gasteiger partial charge in [-0.25, -0.2) is 13.9 Å². The highest BCUT2D eigenvalue weighted by molar-refractivity contribution is 6.42. The van der Waals surface area contributed by atoms with Crippen LogP contribution in [0.25, 0.3) is 5.82 Å². The second-order valence-electron chi connectivity index (χ2n) is 9.75. The zero-order chi connectivity index (χ0) is 29.4. The molecule has 3 N–H and O–H groups in total. The number of hydrogen-bond acceptors (Lipinski definition) is 6. The summed E-state index contributed by atoms with van der Waals surface area (Å²) >= 11 is 12.2. The Labute approximate surface area is 244 Å². The summed E-state index contributed by atoms with van der Waals surface area (Å²) in [7, 11) is 1.48. The number of amides is 2. The highest BCUT2D eigenvalue weighted by Crippen LogP contribution is 2.28. The fraction of sp³-hybridized carbons (Fsp3) is 0.250. The summed E-state index contributed by atoms with van der Waals surface area (Å²) in [5.41, 5.74) is 1.71. The number of halogens is 3. The molecule has 2 aromatic heterocycles. The highest BCUT2D eigenvalue weighted by atomic mass is 35.5. The first-order valence-electron chi connectivity index (χ1n) is 12.8. The van der Waals surface area contributed by atoms with Crippen LogP contribution in [0.3, 0.4) is 0 Å². The summed E-state index contributed by atoms with van der Waals surface area (Å²) in [6, 6.07) is 11.4. The first kappa shape index (κ1) is 28.3. The van der Waals surface area contributed by atoms with E-state index in [-0.39, 0.29) is 64.8 Å². The number of aromatic amines is 1. The van der Waals surface area contributed by atoms with Gasteiger partial charge in [0.15, 0.2) is 5.69 Å². The van der Waals surface area contributed by atoms with Crippen LogP contribution in [0.5, 0.6) is 0 Å². The van der Waals surface area contributed by atoms with Crippen LogP contribution >= 0.6 is 23.2 Å². The zero-order valence-electron chi connectivity index (χ0n) is 22.3. The summed E-state index contributed by atoms with van der Waals surface area (Å²) in [4.78, 5) is 46.0. The normalized spacial score (nSPS) is 15.3. The van der Waals surface area contributed by atoms with Gasteiger partial charge in [0.2, 0.25) is 5.95 Å². The van der Waals surface area contributed by atoms with Crippen molar-refractivity contribution in [2.45, 2.75) is 38.9 Å². The van der Waals surface area contributed by atoms with Gasteiger partial charge in [0.05, 0.1) is 28.3 Å². The summed E-state index contributed by atoms with van der Waals surface area (Å²) in [5, 5.41) is 13.1. The lowest BCUT2D eigenvalue weighted by atomic mass is 9.98. The predicted molar refractivity (Wildman–Crippen MR) is 153 cm³/mol. The Morgan fingerprint density at radius 3 is 2.54 bits per heavy atom. The van der Waals surface area contributed by atoms with E-state index in [2.05, 4.69) is 20.8 Å². The van der Waals surface area contributed by atoms with Crippen LogP contribution in [0.4, 0.5) is 10.3 Å². The SMILES string of the molecule is CNC(=O)c1cc(-n2c(N[C@@H](C)c3ccc(F)cc3)nc3c(c2=O)C[C@@H](C)N(C(=O)c2ccc(Cl)c(Cl)c2)C3)[nH]n1. The molecule has 5 rings (SSSR count). The topological polar surface area (TPSA) is 125 Å². The van der Waals surface area contributed by atoms with Crippen molar-refractivity contribution in [2.24, 2.45) is 0 Å². The first-order valence-corrected chi connectivity index (χ1v) is 13.5. The molecule has 2 atom stereocenters. The number of nitrogens with zero attached hydrogens (tertiary/aromatic N) is 4. The number of aromatic nitrogens is 4. The molecule has 3 heterocycles. The van der Waals surface area contributed by atoms with Crippen LogP contribution < -0.4 is 16.2 Å². The second kappa shape index (κ2) is 11.3. The molecular weight excluding hydrogens is 572 g/mol. The van der Waals surface area contributed by atoms with Crippen molar-refractivity contribution in [3.8, 4) is 5.82 Å². The Morgan fingerprint density at radius 1 is 1.12 bits per heavy atom. The van der Waals surface area contributed by atoms with E-state index in [0.717, 1.165) is 5.56 Å². The van der Waals surface area contributed by atoms with Crippen LogP contribution in [0.15, 0.2) is 53.3 Å². The molecule has 212 valence electrons. The van der Waals surface area contributed by atoms with E-state index in [9.17, 15) is 18.8 Å². The number of rotatable bonds is 6. The molecule has 0 unspecified atom stereocenters. The third-order valence-electron chi connectivity index (χ3n) is 7.02. The molecule has 0 fully saturated rings. The lowest BCUT2D eigenvalue weighted by Gasteiger charge is -2.34. The number of benzene rings is 2. The van der Waals surface area contributed by atoms with Gasteiger partial charge in [0.1, 0.15) is 11.6 Å². The van der Waals surface area contributed by atoms with Gasteiger partial charge in [-0.2, -0.15) is 5.10 Å². The van der Waals surface area contributed by atoms with Crippen molar-refractivity contribution in [3.63, 3.8) is 0 Å². The quantitative estimate of drug-likeness (QED) is 0.300. The van der Waals surface area contributed by atoms with Gasteiger partial charge in [-0.05, 0) is 56.2 Å². The molecule has 0 radical (unpaired) electrons. The Bertz CT molecular complexity index is 1700.